The van der Waals surface area contributed by atoms with E-state index in [4.69, 9.17) is 0 Å². The maximum absolute atomic E-state index is 14.4. The van der Waals surface area contributed by atoms with Crippen molar-refractivity contribution in [3.05, 3.63) is 41.6 Å². The van der Waals surface area contributed by atoms with Crippen LogP contribution in [0.3, 0.4) is 0 Å². The van der Waals surface area contributed by atoms with Gasteiger partial charge in [0.05, 0.1) is 22.5 Å². The monoisotopic (exact) mass is 472 g/mol. The van der Waals surface area contributed by atoms with Gasteiger partial charge in [0.2, 0.25) is 5.91 Å². The number of piperidine rings is 1. The number of aromatic nitrogens is 2. The molecular formula is C22H25FN6O3S. The number of benzene rings is 1. The van der Waals surface area contributed by atoms with Crippen molar-refractivity contribution in [2.75, 3.05) is 36.1 Å². The van der Waals surface area contributed by atoms with Gasteiger partial charge < -0.3 is 15.1 Å². The molecule has 1 amide bonds. The molecule has 1 aromatic carbocycles. The molecule has 2 saturated heterocycles. The van der Waals surface area contributed by atoms with Gasteiger partial charge in [-0.3, -0.25) is 4.79 Å². The summed E-state index contributed by atoms with van der Waals surface area (Å²) in [5.74, 6) is -0.222. The molecule has 0 spiro atoms. The lowest BCUT2D eigenvalue weighted by Crippen LogP contribution is -2.47. The summed E-state index contributed by atoms with van der Waals surface area (Å²) in [6.45, 7) is 3.66. The van der Waals surface area contributed by atoms with E-state index in [0.717, 1.165) is 25.2 Å². The number of nitriles is 1. The van der Waals surface area contributed by atoms with Crippen molar-refractivity contribution in [3.8, 4) is 6.07 Å². The third-order valence-corrected chi connectivity index (χ3v) is 7.23. The Bertz CT molecular complexity index is 1220. The molecule has 0 radical (unpaired) electrons. The third-order valence-electron chi connectivity index (χ3n) is 6.12. The van der Waals surface area contributed by atoms with Crippen molar-refractivity contribution >= 4 is 27.2 Å². The number of carbonyl (C=O) groups is 1. The Balaban J connectivity index is 1.38. The fourth-order valence-electron chi connectivity index (χ4n) is 4.40. The highest BCUT2D eigenvalue weighted by atomic mass is 32.2. The summed E-state index contributed by atoms with van der Waals surface area (Å²) in [5.41, 5.74) is 1.10. The Hall–Kier alpha value is -3.26. The Kier molecular flexibility index (Phi) is 6.21. The van der Waals surface area contributed by atoms with Gasteiger partial charge in [0.15, 0.2) is 21.3 Å². The molecule has 9 nitrogen and oxygen atoms in total. The van der Waals surface area contributed by atoms with E-state index in [1.54, 1.807) is 13.1 Å². The Morgan fingerprint density at radius 2 is 1.94 bits per heavy atom. The van der Waals surface area contributed by atoms with Crippen LogP contribution in [0, 0.1) is 24.1 Å². The van der Waals surface area contributed by atoms with Gasteiger partial charge in [-0.05, 0) is 44.4 Å². The molecule has 33 heavy (non-hydrogen) atoms. The first-order valence-corrected chi connectivity index (χ1v) is 12.6. The van der Waals surface area contributed by atoms with E-state index in [1.165, 1.54) is 12.1 Å². The minimum atomic E-state index is -3.51. The maximum Gasteiger partial charge on any atom is 0.245 e. The van der Waals surface area contributed by atoms with E-state index in [0.29, 0.717) is 43.3 Å². The average molecular weight is 473 g/mol. The highest BCUT2D eigenvalue weighted by Gasteiger charge is 2.37. The molecule has 2 aliphatic rings. The fourth-order valence-corrected chi connectivity index (χ4v) is 5.03. The zero-order valence-electron chi connectivity index (χ0n) is 18.5. The van der Waals surface area contributed by atoms with E-state index in [-0.39, 0.29) is 22.5 Å². The Labute approximate surface area is 192 Å². The smallest absolute Gasteiger partial charge is 0.245 e. The SMILES string of the molecule is Cc1cnc(N2CCC(N3CC[C@H](Nc4ccc(S(C)(=O)=O)cc4F)C3=O)CC2)c(C#N)n1. The number of carbonyl (C=O) groups excluding carboxylic acids is 1. The van der Waals surface area contributed by atoms with Crippen LogP contribution >= 0.6 is 0 Å². The Morgan fingerprint density at radius 3 is 2.58 bits per heavy atom. The molecule has 0 aliphatic carbocycles. The van der Waals surface area contributed by atoms with Crippen LogP contribution in [0.5, 0.6) is 0 Å². The molecule has 0 unspecified atom stereocenters. The standard InChI is InChI=1S/C22H25FN6O3S/c1-14-13-25-21(20(12-24)26-14)28-8-5-15(6-9-28)29-10-7-19(22(29)30)27-18-4-3-16(11-17(18)23)33(2,31)32/h3-4,11,13,15,19,27H,5-10H2,1-2H3/t19-/m0/s1. The van der Waals surface area contributed by atoms with Crippen LogP contribution in [0.15, 0.2) is 29.3 Å². The van der Waals surface area contributed by atoms with Crippen LogP contribution in [0.1, 0.15) is 30.7 Å². The van der Waals surface area contributed by atoms with Crippen LogP contribution in [0.2, 0.25) is 0 Å². The fraction of sp³-hybridized carbons (Fsp3) is 0.455. The summed E-state index contributed by atoms with van der Waals surface area (Å²) in [5, 5.41) is 12.3. The van der Waals surface area contributed by atoms with Crippen LogP contribution in [0.25, 0.3) is 0 Å². The normalized spacial score (nSPS) is 19.6. The number of likely N-dealkylation sites (tertiary alicyclic amines) is 1. The van der Waals surface area contributed by atoms with Gasteiger partial charge in [0, 0.05) is 31.9 Å². The number of hydrogen-bond donors (Lipinski definition) is 1. The van der Waals surface area contributed by atoms with E-state index in [9.17, 15) is 22.9 Å². The lowest BCUT2D eigenvalue weighted by molar-refractivity contribution is -0.130. The predicted octanol–water partition coefficient (Wildman–Crippen LogP) is 1.88. The average Bonchev–Trinajstić information content (AvgIpc) is 3.14. The van der Waals surface area contributed by atoms with Crippen molar-refractivity contribution in [1.29, 1.82) is 5.26 Å². The van der Waals surface area contributed by atoms with Crippen LogP contribution in [0.4, 0.5) is 15.9 Å². The van der Waals surface area contributed by atoms with Crippen molar-refractivity contribution in [3.63, 3.8) is 0 Å². The first-order chi connectivity index (χ1) is 15.7. The van der Waals surface area contributed by atoms with Gasteiger partial charge in [-0.25, -0.2) is 22.8 Å². The number of sulfone groups is 1. The highest BCUT2D eigenvalue weighted by molar-refractivity contribution is 7.90. The zero-order valence-corrected chi connectivity index (χ0v) is 19.3. The minimum absolute atomic E-state index is 0.0574. The molecule has 174 valence electrons. The quantitative estimate of drug-likeness (QED) is 0.701. The molecule has 2 aromatic rings. The minimum Gasteiger partial charge on any atom is -0.371 e. The van der Waals surface area contributed by atoms with Crippen LogP contribution in [-0.4, -0.2) is 67.2 Å². The second-order valence-electron chi connectivity index (χ2n) is 8.44. The lowest BCUT2D eigenvalue weighted by Gasteiger charge is -2.37. The lowest BCUT2D eigenvalue weighted by atomic mass is 10.0. The predicted molar refractivity (Wildman–Crippen MR) is 120 cm³/mol. The first-order valence-electron chi connectivity index (χ1n) is 10.7. The maximum atomic E-state index is 14.4. The highest BCUT2D eigenvalue weighted by Crippen LogP contribution is 2.28. The van der Waals surface area contributed by atoms with Crippen molar-refractivity contribution in [1.82, 2.24) is 14.9 Å². The van der Waals surface area contributed by atoms with Crippen molar-refractivity contribution < 1.29 is 17.6 Å². The molecule has 0 saturated carbocycles. The summed E-state index contributed by atoms with van der Waals surface area (Å²) in [6, 6.07) is 5.25. The van der Waals surface area contributed by atoms with Gasteiger partial charge in [0.1, 0.15) is 17.9 Å². The van der Waals surface area contributed by atoms with E-state index < -0.39 is 21.7 Å². The first kappa shape index (κ1) is 22.9. The van der Waals surface area contributed by atoms with Crippen LogP contribution < -0.4 is 10.2 Å². The third kappa shape index (κ3) is 4.75. The zero-order chi connectivity index (χ0) is 23.8. The van der Waals surface area contributed by atoms with Crippen LogP contribution in [-0.2, 0) is 14.6 Å². The molecule has 11 heteroatoms. The number of hydrogen-bond acceptors (Lipinski definition) is 8. The number of aryl methyl sites for hydroxylation is 1. The molecule has 2 fully saturated rings. The largest absolute Gasteiger partial charge is 0.371 e. The van der Waals surface area contributed by atoms with Gasteiger partial charge >= 0.3 is 0 Å². The summed E-state index contributed by atoms with van der Waals surface area (Å²) in [6.07, 6.45) is 4.66. The second-order valence-corrected chi connectivity index (χ2v) is 10.5. The topological polar surface area (TPSA) is 119 Å². The summed E-state index contributed by atoms with van der Waals surface area (Å²) >= 11 is 0. The van der Waals surface area contributed by atoms with Gasteiger partial charge in [-0.15, -0.1) is 0 Å². The number of rotatable bonds is 5. The van der Waals surface area contributed by atoms with Gasteiger partial charge in [-0.2, -0.15) is 5.26 Å². The molecule has 0 bridgehead atoms. The summed E-state index contributed by atoms with van der Waals surface area (Å²) in [4.78, 5) is 25.4. The molecule has 1 aromatic heterocycles. The summed E-state index contributed by atoms with van der Waals surface area (Å²) < 4.78 is 37.6. The van der Waals surface area contributed by atoms with E-state index in [1.807, 2.05) is 9.80 Å². The molecule has 3 heterocycles. The second kappa shape index (κ2) is 8.94. The number of nitrogens with one attached hydrogen (secondary N) is 1. The van der Waals surface area contributed by atoms with E-state index >= 15 is 0 Å². The number of anilines is 2. The Morgan fingerprint density at radius 1 is 1.21 bits per heavy atom. The van der Waals surface area contributed by atoms with Gasteiger partial charge in [-0.1, -0.05) is 0 Å². The van der Waals surface area contributed by atoms with Gasteiger partial charge in [0.25, 0.3) is 0 Å². The molecule has 2 aliphatic heterocycles. The molecular weight excluding hydrogens is 447 g/mol. The number of halogens is 1. The van der Waals surface area contributed by atoms with E-state index in [2.05, 4.69) is 21.4 Å². The molecule has 1 atom stereocenters. The number of amides is 1. The molecule has 4 rings (SSSR count). The summed E-state index contributed by atoms with van der Waals surface area (Å²) in [7, 11) is -3.51. The van der Waals surface area contributed by atoms with Crippen molar-refractivity contribution in [2.24, 2.45) is 0 Å². The van der Waals surface area contributed by atoms with Crippen molar-refractivity contribution in [2.45, 2.75) is 43.2 Å². The number of nitrogens with zero attached hydrogens (tertiary/aromatic N) is 5. The molecule has 1 N–H and O–H groups in total.